The third-order valence-electron chi connectivity index (χ3n) is 4.77. The third-order valence-corrected chi connectivity index (χ3v) is 4.77. The highest BCUT2D eigenvalue weighted by molar-refractivity contribution is 5.56. The van der Waals surface area contributed by atoms with E-state index in [1.807, 2.05) is 24.3 Å². The van der Waals surface area contributed by atoms with Gasteiger partial charge in [-0.3, -0.25) is 9.36 Å². The maximum Gasteiger partial charge on any atom is 0.406 e. The van der Waals surface area contributed by atoms with Gasteiger partial charge in [-0.05, 0) is 24.0 Å². The molecule has 12 heteroatoms. The number of hydrogen-bond acceptors (Lipinski definition) is 5. The highest BCUT2D eigenvalue weighted by Crippen LogP contribution is 2.25. The average molecular weight is 445 g/mol. The number of nitrogens with zero attached hydrogens (tertiary/aromatic N) is 4. The van der Waals surface area contributed by atoms with Crippen LogP contribution in [0.15, 0.2) is 29.1 Å². The maximum atomic E-state index is 12.9. The predicted octanol–water partition coefficient (Wildman–Crippen LogP) is 3.26. The summed E-state index contributed by atoms with van der Waals surface area (Å²) < 4.78 is 76.8. The monoisotopic (exact) mass is 445 g/mol. The molecule has 0 unspecified atom stereocenters. The Hall–Kier alpha value is -3.23. The summed E-state index contributed by atoms with van der Waals surface area (Å²) in [5.41, 5.74) is 0.0673. The molecule has 166 valence electrons. The van der Waals surface area contributed by atoms with Crippen LogP contribution in [0.5, 0.6) is 0 Å². The fourth-order valence-electron chi connectivity index (χ4n) is 3.39. The van der Waals surface area contributed by atoms with Crippen LogP contribution in [0.3, 0.4) is 0 Å². The van der Waals surface area contributed by atoms with Gasteiger partial charge in [0, 0.05) is 13.1 Å². The Morgan fingerprint density at radius 3 is 2.10 bits per heavy atom. The number of alkyl halides is 6. The van der Waals surface area contributed by atoms with Crippen LogP contribution in [0.25, 0.3) is 0 Å². The molecule has 1 aliphatic rings. The van der Waals surface area contributed by atoms with Crippen molar-refractivity contribution in [3.05, 3.63) is 51.3 Å². The van der Waals surface area contributed by atoms with E-state index in [9.17, 15) is 36.4 Å². The first-order valence-electron chi connectivity index (χ1n) is 9.22. The number of rotatable bonds is 4. The number of nitrogens with one attached hydrogen (secondary N) is 1. The SMILES string of the molecule is N#Cc1c(N2CCc3ccccc3CC2)nc(NCC(F)(F)F)n(CC(F)(F)F)c1=O. The van der Waals surface area contributed by atoms with Crippen LogP contribution >= 0.6 is 0 Å². The summed E-state index contributed by atoms with van der Waals surface area (Å²) in [6, 6.07) is 9.10. The Bertz CT molecular complexity index is 1030. The minimum absolute atomic E-state index is 0.0143. The Kier molecular flexibility index (Phi) is 6.15. The molecule has 0 aliphatic carbocycles. The van der Waals surface area contributed by atoms with Crippen LogP contribution in [0, 0.1) is 11.3 Å². The lowest BCUT2D eigenvalue weighted by molar-refractivity contribution is -0.141. The summed E-state index contributed by atoms with van der Waals surface area (Å²) in [5.74, 6) is -1.13. The summed E-state index contributed by atoms with van der Waals surface area (Å²) in [4.78, 5) is 18.1. The molecule has 6 nitrogen and oxygen atoms in total. The summed E-state index contributed by atoms with van der Waals surface area (Å²) in [6.45, 7) is -2.98. The van der Waals surface area contributed by atoms with Crippen molar-refractivity contribution in [3.8, 4) is 6.07 Å². The van der Waals surface area contributed by atoms with Crippen molar-refractivity contribution in [2.75, 3.05) is 29.9 Å². The lowest BCUT2D eigenvalue weighted by Crippen LogP contribution is -2.37. The Morgan fingerprint density at radius 1 is 1.03 bits per heavy atom. The first kappa shape index (κ1) is 22.5. The molecule has 1 aliphatic heterocycles. The fraction of sp³-hybridized carbons (Fsp3) is 0.421. The Balaban J connectivity index is 2.05. The van der Waals surface area contributed by atoms with E-state index in [1.165, 1.54) is 4.90 Å². The quantitative estimate of drug-likeness (QED) is 0.732. The van der Waals surface area contributed by atoms with E-state index in [-0.39, 0.29) is 10.4 Å². The molecule has 31 heavy (non-hydrogen) atoms. The van der Waals surface area contributed by atoms with Crippen molar-refractivity contribution in [2.45, 2.75) is 31.7 Å². The van der Waals surface area contributed by atoms with Gasteiger partial charge in [0.2, 0.25) is 5.95 Å². The van der Waals surface area contributed by atoms with Crippen LogP contribution in [-0.2, 0) is 19.4 Å². The number of hydrogen-bond donors (Lipinski definition) is 1. The molecule has 0 bridgehead atoms. The van der Waals surface area contributed by atoms with E-state index >= 15 is 0 Å². The summed E-state index contributed by atoms with van der Waals surface area (Å²) in [5, 5.41) is 11.2. The number of fused-ring (bicyclic) bond motifs is 1. The smallest absolute Gasteiger partial charge is 0.355 e. The summed E-state index contributed by atoms with van der Waals surface area (Å²) in [6.07, 6.45) is -8.63. The molecule has 0 saturated carbocycles. The van der Waals surface area contributed by atoms with E-state index in [0.717, 1.165) is 11.1 Å². The molecule has 0 radical (unpaired) electrons. The Morgan fingerprint density at radius 2 is 1.61 bits per heavy atom. The molecule has 0 fully saturated rings. The number of nitriles is 1. The van der Waals surface area contributed by atoms with Crippen molar-refractivity contribution < 1.29 is 26.3 Å². The van der Waals surface area contributed by atoms with Crippen LogP contribution in [0.4, 0.5) is 38.1 Å². The van der Waals surface area contributed by atoms with Gasteiger partial charge in [-0.15, -0.1) is 0 Å². The summed E-state index contributed by atoms with van der Waals surface area (Å²) >= 11 is 0. The van der Waals surface area contributed by atoms with Crippen LogP contribution in [-0.4, -0.2) is 41.5 Å². The van der Waals surface area contributed by atoms with Gasteiger partial charge in [0.15, 0.2) is 11.4 Å². The lowest BCUT2D eigenvalue weighted by Gasteiger charge is -2.25. The second-order valence-electron chi connectivity index (χ2n) is 6.98. The zero-order valence-corrected chi connectivity index (χ0v) is 16.0. The van der Waals surface area contributed by atoms with Gasteiger partial charge in [0.1, 0.15) is 19.2 Å². The van der Waals surface area contributed by atoms with E-state index in [4.69, 9.17) is 0 Å². The highest BCUT2D eigenvalue weighted by atomic mass is 19.4. The van der Waals surface area contributed by atoms with Crippen LogP contribution < -0.4 is 15.8 Å². The zero-order valence-electron chi connectivity index (χ0n) is 16.0. The summed E-state index contributed by atoms with van der Waals surface area (Å²) in [7, 11) is 0. The van der Waals surface area contributed by atoms with Gasteiger partial charge in [-0.25, -0.2) is 0 Å². The molecule has 1 N–H and O–H groups in total. The van der Waals surface area contributed by atoms with Crippen LogP contribution in [0.1, 0.15) is 16.7 Å². The molecule has 2 heterocycles. The molecule has 3 rings (SSSR count). The first-order valence-corrected chi connectivity index (χ1v) is 9.22. The average Bonchev–Trinajstić information content (AvgIpc) is 2.89. The van der Waals surface area contributed by atoms with Gasteiger partial charge in [-0.1, -0.05) is 24.3 Å². The fourth-order valence-corrected chi connectivity index (χ4v) is 3.39. The number of aromatic nitrogens is 2. The molecule has 0 saturated heterocycles. The number of halogens is 6. The molecule has 1 aromatic carbocycles. The van der Waals surface area contributed by atoms with E-state index in [2.05, 4.69) is 4.98 Å². The lowest BCUT2D eigenvalue weighted by atomic mass is 10.0. The zero-order chi connectivity index (χ0) is 22.8. The van der Waals surface area contributed by atoms with Gasteiger partial charge >= 0.3 is 12.4 Å². The number of benzene rings is 1. The predicted molar refractivity (Wildman–Crippen MR) is 99.9 cm³/mol. The molecular weight excluding hydrogens is 428 g/mol. The molecular formula is C19H17F6N5O. The second kappa shape index (κ2) is 8.49. The van der Waals surface area contributed by atoms with Crippen molar-refractivity contribution in [3.63, 3.8) is 0 Å². The molecule has 0 amide bonds. The van der Waals surface area contributed by atoms with E-state index < -0.39 is 42.5 Å². The molecule has 1 aromatic heterocycles. The highest BCUT2D eigenvalue weighted by Gasteiger charge is 2.34. The normalized spacial score (nSPS) is 14.5. The maximum absolute atomic E-state index is 12.9. The van der Waals surface area contributed by atoms with E-state index in [0.29, 0.717) is 25.9 Å². The van der Waals surface area contributed by atoms with Crippen molar-refractivity contribution >= 4 is 11.8 Å². The van der Waals surface area contributed by atoms with Crippen molar-refractivity contribution in [1.29, 1.82) is 5.26 Å². The molecule has 2 aromatic rings. The minimum Gasteiger partial charge on any atom is -0.355 e. The minimum atomic E-state index is -4.90. The van der Waals surface area contributed by atoms with Gasteiger partial charge < -0.3 is 10.2 Å². The van der Waals surface area contributed by atoms with Gasteiger partial charge in [0.05, 0.1) is 0 Å². The van der Waals surface area contributed by atoms with Crippen LogP contribution in [0.2, 0.25) is 0 Å². The topological polar surface area (TPSA) is 74.0 Å². The molecule has 0 atom stereocenters. The van der Waals surface area contributed by atoms with E-state index in [1.54, 1.807) is 11.4 Å². The first-order chi connectivity index (χ1) is 14.5. The van der Waals surface area contributed by atoms with Crippen molar-refractivity contribution in [1.82, 2.24) is 9.55 Å². The Labute approximate surface area is 172 Å². The standard InChI is InChI=1S/C19H17F6N5O/c20-18(21,22)10-27-17-28-15(14(9-26)16(31)30(17)11-19(23,24)25)29-7-5-12-3-1-2-4-13(12)6-8-29/h1-4H,5-8,10-11H2,(H,27,28). The van der Waals surface area contributed by atoms with Gasteiger partial charge in [0.25, 0.3) is 5.56 Å². The largest absolute Gasteiger partial charge is 0.406 e. The second-order valence-corrected chi connectivity index (χ2v) is 6.98. The van der Waals surface area contributed by atoms with Gasteiger partial charge in [-0.2, -0.15) is 36.6 Å². The third kappa shape index (κ3) is 5.48. The number of anilines is 2. The molecule has 0 spiro atoms. The van der Waals surface area contributed by atoms with Crippen molar-refractivity contribution in [2.24, 2.45) is 0 Å².